The molecule has 1 heterocycles. The normalized spacial score (nSPS) is 10.5. The Balaban J connectivity index is 1.95. The van der Waals surface area contributed by atoms with E-state index in [1.807, 2.05) is 0 Å². The van der Waals surface area contributed by atoms with Crippen LogP contribution in [0.1, 0.15) is 5.56 Å². The number of rotatable bonds is 4. The van der Waals surface area contributed by atoms with Crippen molar-refractivity contribution in [2.75, 3.05) is 11.9 Å². The third-order valence-corrected chi connectivity index (χ3v) is 3.27. The van der Waals surface area contributed by atoms with E-state index < -0.39 is 28.8 Å². The summed E-state index contributed by atoms with van der Waals surface area (Å²) in [6.07, 6.45) is 2.45. The Labute approximate surface area is 138 Å². The summed E-state index contributed by atoms with van der Waals surface area (Å²) in [6.45, 7) is -0.0690. The molecule has 0 fully saturated rings. The highest BCUT2D eigenvalue weighted by molar-refractivity contribution is 7.80. The molecule has 0 amide bonds. The summed E-state index contributed by atoms with van der Waals surface area (Å²) < 4.78 is 53.1. The van der Waals surface area contributed by atoms with E-state index in [1.165, 1.54) is 12.4 Å². The molecule has 122 valence electrons. The average Bonchev–Trinajstić information content (AvgIpc) is 2.51. The number of nitrogens with one attached hydrogen (secondary N) is 2. The average molecular weight is 365 g/mol. The summed E-state index contributed by atoms with van der Waals surface area (Å²) >= 11 is 10.7. The van der Waals surface area contributed by atoms with Crippen LogP contribution in [-0.2, 0) is 6.42 Å². The van der Waals surface area contributed by atoms with E-state index in [1.54, 1.807) is 0 Å². The van der Waals surface area contributed by atoms with Gasteiger partial charge in [-0.1, -0.05) is 11.6 Å². The first-order chi connectivity index (χ1) is 10.9. The number of hydrogen-bond donors (Lipinski definition) is 2. The second-order valence-corrected chi connectivity index (χ2v) is 5.04. The van der Waals surface area contributed by atoms with Crippen molar-refractivity contribution >= 4 is 34.7 Å². The number of thiocarbonyl (C=S) groups is 1. The van der Waals surface area contributed by atoms with Gasteiger partial charge < -0.3 is 10.6 Å². The fourth-order valence-electron chi connectivity index (χ4n) is 1.70. The third kappa shape index (κ3) is 4.26. The number of anilines is 1. The summed E-state index contributed by atoms with van der Waals surface area (Å²) in [4.78, 5) is 7.66. The third-order valence-electron chi connectivity index (χ3n) is 2.75. The molecule has 0 unspecified atom stereocenters. The van der Waals surface area contributed by atoms with Crippen LogP contribution in [0.2, 0.25) is 5.15 Å². The van der Waals surface area contributed by atoms with Gasteiger partial charge in [0, 0.05) is 30.6 Å². The predicted octanol–water partition coefficient (Wildman–Crippen LogP) is 3.22. The highest BCUT2D eigenvalue weighted by atomic mass is 35.5. The quantitative estimate of drug-likeness (QED) is 0.495. The molecule has 0 spiro atoms. The van der Waals surface area contributed by atoms with Gasteiger partial charge in [-0.15, -0.1) is 0 Å². The zero-order valence-corrected chi connectivity index (χ0v) is 12.9. The Morgan fingerprint density at radius 2 is 1.70 bits per heavy atom. The van der Waals surface area contributed by atoms with Gasteiger partial charge in [0.05, 0.1) is 0 Å². The van der Waals surface area contributed by atoms with Crippen molar-refractivity contribution in [2.24, 2.45) is 0 Å². The fourth-order valence-corrected chi connectivity index (χ4v) is 2.05. The maximum absolute atomic E-state index is 13.5. The van der Waals surface area contributed by atoms with E-state index >= 15 is 0 Å². The van der Waals surface area contributed by atoms with Gasteiger partial charge in [0.1, 0.15) is 0 Å². The van der Waals surface area contributed by atoms with Gasteiger partial charge in [-0.25, -0.2) is 27.5 Å². The molecule has 0 saturated carbocycles. The van der Waals surface area contributed by atoms with Gasteiger partial charge in [0.2, 0.25) is 0 Å². The second kappa shape index (κ2) is 7.51. The summed E-state index contributed by atoms with van der Waals surface area (Å²) in [5.74, 6) is -5.57. The molecule has 0 aliphatic rings. The van der Waals surface area contributed by atoms with Crippen LogP contribution in [0.15, 0.2) is 18.5 Å². The molecule has 2 rings (SSSR count). The molecule has 0 aliphatic heterocycles. The summed E-state index contributed by atoms with van der Waals surface area (Å²) in [6, 6.07) is 0.157. The lowest BCUT2D eigenvalue weighted by atomic mass is 10.1. The van der Waals surface area contributed by atoms with Gasteiger partial charge in [-0.3, -0.25) is 0 Å². The lowest BCUT2D eigenvalue weighted by Gasteiger charge is -2.11. The van der Waals surface area contributed by atoms with Crippen molar-refractivity contribution < 1.29 is 17.6 Å². The zero-order valence-electron chi connectivity index (χ0n) is 11.3. The van der Waals surface area contributed by atoms with Crippen LogP contribution in [0.3, 0.4) is 0 Å². The minimum absolute atomic E-state index is 0.0603. The maximum Gasteiger partial charge on any atom is 0.172 e. The smallest absolute Gasteiger partial charge is 0.172 e. The molecule has 4 nitrogen and oxygen atoms in total. The Morgan fingerprint density at radius 3 is 2.30 bits per heavy atom. The van der Waals surface area contributed by atoms with E-state index in [0.29, 0.717) is 0 Å². The van der Waals surface area contributed by atoms with E-state index in [0.717, 1.165) is 0 Å². The molecule has 0 aliphatic carbocycles. The predicted molar refractivity (Wildman–Crippen MR) is 81.2 cm³/mol. The molecule has 2 aromatic rings. The van der Waals surface area contributed by atoms with Crippen molar-refractivity contribution in [3.63, 3.8) is 0 Å². The Kier molecular flexibility index (Phi) is 5.67. The highest BCUT2D eigenvalue weighted by Gasteiger charge is 2.18. The molecule has 2 N–H and O–H groups in total. The van der Waals surface area contributed by atoms with Crippen LogP contribution in [0.4, 0.5) is 23.4 Å². The number of nitrogens with zero attached hydrogens (tertiary/aromatic N) is 2. The number of halogens is 5. The Bertz CT molecular complexity index is 718. The van der Waals surface area contributed by atoms with E-state index in [9.17, 15) is 17.6 Å². The van der Waals surface area contributed by atoms with Crippen LogP contribution in [-0.4, -0.2) is 21.6 Å². The molecule has 0 saturated heterocycles. The molecule has 1 aromatic heterocycles. The van der Waals surface area contributed by atoms with Gasteiger partial charge >= 0.3 is 0 Å². The molecular weight excluding hydrogens is 356 g/mol. The number of hydrogen-bond acceptors (Lipinski definition) is 3. The van der Waals surface area contributed by atoms with Crippen LogP contribution in [0, 0.1) is 23.3 Å². The Morgan fingerprint density at radius 1 is 1.09 bits per heavy atom. The number of benzene rings is 1. The first kappa shape index (κ1) is 17.4. The minimum Gasteiger partial charge on any atom is -0.362 e. The molecule has 0 radical (unpaired) electrons. The summed E-state index contributed by atoms with van der Waals surface area (Å²) in [5.41, 5.74) is -0.699. The van der Waals surface area contributed by atoms with Gasteiger partial charge in [-0.2, -0.15) is 0 Å². The van der Waals surface area contributed by atoms with Crippen LogP contribution in [0.25, 0.3) is 0 Å². The monoisotopic (exact) mass is 364 g/mol. The van der Waals surface area contributed by atoms with Crippen LogP contribution < -0.4 is 10.6 Å². The topological polar surface area (TPSA) is 49.8 Å². The molecule has 0 atom stereocenters. The molecule has 0 bridgehead atoms. The summed E-state index contributed by atoms with van der Waals surface area (Å²) in [7, 11) is 0. The maximum atomic E-state index is 13.5. The van der Waals surface area contributed by atoms with Gasteiger partial charge in [-0.05, 0) is 18.6 Å². The zero-order chi connectivity index (χ0) is 17.0. The summed E-state index contributed by atoms with van der Waals surface area (Å²) in [5, 5.41) is 5.39. The SMILES string of the molecule is Fc1cc(F)c(F)c(CCNC(=S)Nc2nccnc2Cl)c1F. The van der Waals surface area contributed by atoms with Crippen LogP contribution >= 0.6 is 23.8 Å². The van der Waals surface area contributed by atoms with E-state index in [2.05, 4.69) is 20.6 Å². The molecule has 1 aromatic carbocycles. The highest BCUT2D eigenvalue weighted by Crippen LogP contribution is 2.19. The fraction of sp³-hybridized carbons (Fsp3) is 0.154. The molecular formula is C13H9ClF4N4S. The first-order valence-corrected chi connectivity index (χ1v) is 7.02. The lowest BCUT2D eigenvalue weighted by Crippen LogP contribution is -2.31. The second-order valence-electron chi connectivity index (χ2n) is 4.27. The Hall–Kier alpha value is -2.00. The van der Waals surface area contributed by atoms with Crippen molar-refractivity contribution in [2.45, 2.75) is 6.42 Å². The largest absolute Gasteiger partial charge is 0.362 e. The van der Waals surface area contributed by atoms with Crippen LogP contribution in [0.5, 0.6) is 0 Å². The molecule has 10 heteroatoms. The number of aromatic nitrogens is 2. The van der Waals surface area contributed by atoms with E-state index in [4.69, 9.17) is 23.8 Å². The van der Waals surface area contributed by atoms with Gasteiger partial charge in [0.15, 0.2) is 39.4 Å². The minimum atomic E-state index is -1.45. The lowest BCUT2D eigenvalue weighted by molar-refractivity contribution is 0.438. The van der Waals surface area contributed by atoms with Crippen molar-refractivity contribution in [1.82, 2.24) is 15.3 Å². The van der Waals surface area contributed by atoms with E-state index in [-0.39, 0.29) is 35.1 Å². The molecule has 23 heavy (non-hydrogen) atoms. The first-order valence-electron chi connectivity index (χ1n) is 6.23. The van der Waals surface area contributed by atoms with Gasteiger partial charge in [0.25, 0.3) is 0 Å². The standard InChI is InChI=1S/C13H9ClF4N4S/c14-11-12(20-4-3-19-11)22-13(23)21-2-1-6-9(17)7(15)5-8(16)10(6)18/h3-5H,1-2H2,(H2,20,21,22,23). The van der Waals surface area contributed by atoms with Crippen molar-refractivity contribution in [3.8, 4) is 0 Å². The van der Waals surface area contributed by atoms with Crippen molar-refractivity contribution in [3.05, 3.63) is 52.4 Å². The van der Waals surface area contributed by atoms with Crippen molar-refractivity contribution in [1.29, 1.82) is 0 Å².